The van der Waals surface area contributed by atoms with Crippen LogP contribution < -0.4 is 5.73 Å². The SMILES string of the molecule is Cc1c(C(=O)O)cccc1C1=C[C@@H](n2cnc3c(N)ncnc32)[C@H](O)[C@@H]1O. The molecule has 27 heavy (non-hydrogen) atoms. The molecule has 0 spiro atoms. The second kappa shape index (κ2) is 6.15. The Balaban J connectivity index is 1.83. The summed E-state index contributed by atoms with van der Waals surface area (Å²) in [6.07, 6.45) is 2.15. The zero-order chi connectivity index (χ0) is 19.3. The van der Waals surface area contributed by atoms with E-state index in [-0.39, 0.29) is 11.4 Å². The molecule has 9 nitrogen and oxygen atoms in total. The lowest BCUT2D eigenvalue weighted by Gasteiger charge is -2.19. The third kappa shape index (κ3) is 2.56. The van der Waals surface area contributed by atoms with Crippen molar-refractivity contribution in [1.29, 1.82) is 0 Å². The fraction of sp³-hybridized carbons (Fsp3) is 0.222. The summed E-state index contributed by atoms with van der Waals surface area (Å²) < 4.78 is 1.62. The smallest absolute Gasteiger partial charge is 0.335 e. The van der Waals surface area contributed by atoms with Crippen LogP contribution in [0.15, 0.2) is 36.9 Å². The number of anilines is 1. The summed E-state index contributed by atoms with van der Waals surface area (Å²) in [4.78, 5) is 23.6. The molecule has 9 heteroatoms. The number of nitrogens with two attached hydrogens (primary N) is 1. The molecular formula is C18H17N5O4. The number of nitrogen functional groups attached to an aromatic ring is 1. The van der Waals surface area contributed by atoms with E-state index in [9.17, 15) is 20.1 Å². The number of imidazole rings is 1. The second-order valence-electron chi connectivity index (χ2n) is 6.41. The molecule has 0 aliphatic heterocycles. The first-order valence-electron chi connectivity index (χ1n) is 8.24. The Morgan fingerprint density at radius 3 is 2.74 bits per heavy atom. The van der Waals surface area contributed by atoms with Crippen LogP contribution in [0.2, 0.25) is 0 Å². The maximum atomic E-state index is 11.4. The van der Waals surface area contributed by atoms with Crippen LogP contribution in [-0.4, -0.2) is 53.0 Å². The van der Waals surface area contributed by atoms with Crippen molar-refractivity contribution in [3.63, 3.8) is 0 Å². The van der Waals surface area contributed by atoms with Crippen LogP contribution in [-0.2, 0) is 0 Å². The molecule has 0 saturated carbocycles. The summed E-state index contributed by atoms with van der Waals surface area (Å²) in [6, 6.07) is 4.19. The number of carboxylic acid groups (broad SMARTS) is 1. The van der Waals surface area contributed by atoms with Gasteiger partial charge >= 0.3 is 5.97 Å². The van der Waals surface area contributed by atoms with E-state index in [0.29, 0.717) is 27.9 Å². The monoisotopic (exact) mass is 367 g/mol. The highest BCUT2D eigenvalue weighted by Gasteiger charge is 2.38. The number of rotatable bonds is 3. The molecule has 0 radical (unpaired) electrons. The van der Waals surface area contributed by atoms with Gasteiger partial charge in [-0.25, -0.2) is 19.7 Å². The number of aliphatic hydroxyl groups is 2. The molecule has 1 aromatic carbocycles. The van der Waals surface area contributed by atoms with E-state index >= 15 is 0 Å². The van der Waals surface area contributed by atoms with Crippen molar-refractivity contribution in [2.24, 2.45) is 0 Å². The highest BCUT2D eigenvalue weighted by atomic mass is 16.4. The number of hydrogen-bond donors (Lipinski definition) is 4. The largest absolute Gasteiger partial charge is 0.478 e. The molecule has 0 amide bonds. The van der Waals surface area contributed by atoms with Crippen LogP contribution in [0, 0.1) is 6.92 Å². The van der Waals surface area contributed by atoms with Gasteiger partial charge in [-0.05, 0) is 29.7 Å². The zero-order valence-corrected chi connectivity index (χ0v) is 14.3. The van der Waals surface area contributed by atoms with Crippen molar-refractivity contribution < 1.29 is 20.1 Å². The van der Waals surface area contributed by atoms with Gasteiger partial charge in [0.1, 0.15) is 24.1 Å². The predicted octanol–water partition coefficient (Wildman–Crippen LogP) is 0.775. The normalized spacial score (nSPS) is 22.2. The van der Waals surface area contributed by atoms with E-state index in [1.807, 2.05) is 0 Å². The molecule has 0 fully saturated rings. The van der Waals surface area contributed by atoms with Gasteiger partial charge in [0.25, 0.3) is 0 Å². The van der Waals surface area contributed by atoms with Crippen LogP contribution in [0.1, 0.15) is 27.5 Å². The number of carboxylic acids is 1. The summed E-state index contributed by atoms with van der Waals surface area (Å²) in [7, 11) is 0. The number of aromatic carboxylic acids is 1. The van der Waals surface area contributed by atoms with Crippen molar-refractivity contribution in [2.75, 3.05) is 5.73 Å². The lowest BCUT2D eigenvalue weighted by molar-refractivity contribution is 0.0414. The molecule has 138 valence electrons. The Hall–Kier alpha value is -3.30. The fourth-order valence-electron chi connectivity index (χ4n) is 3.51. The van der Waals surface area contributed by atoms with Gasteiger partial charge in [0, 0.05) is 0 Å². The first-order chi connectivity index (χ1) is 12.9. The zero-order valence-electron chi connectivity index (χ0n) is 14.3. The minimum Gasteiger partial charge on any atom is -0.478 e. The first-order valence-corrected chi connectivity index (χ1v) is 8.24. The van der Waals surface area contributed by atoms with Gasteiger partial charge in [-0.15, -0.1) is 0 Å². The Morgan fingerprint density at radius 1 is 1.22 bits per heavy atom. The minimum absolute atomic E-state index is 0.145. The topological polar surface area (TPSA) is 147 Å². The van der Waals surface area contributed by atoms with Gasteiger partial charge in [0.2, 0.25) is 0 Å². The predicted molar refractivity (Wildman–Crippen MR) is 96.9 cm³/mol. The summed E-state index contributed by atoms with van der Waals surface area (Å²) in [5.74, 6) is -0.826. The molecule has 0 saturated heterocycles. The lowest BCUT2D eigenvalue weighted by atomic mass is 9.94. The number of aromatic nitrogens is 4. The van der Waals surface area contributed by atoms with Gasteiger partial charge in [0.05, 0.1) is 17.9 Å². The summed E-state index contributed by atoms with van der Waals surface area (Å²) in [5, 5.41) is 30.5. The molecule has 0 unspecified atom stereocenters. The maximum absolute atomic E-state index is 11.4. The van der Waals surface area contributed by atoms with Gasteiger partial charge in [-0.1, -0.05) is 18.2 Å². The average molecular weight is 367 g/mol. The number of hydrogen-bond acceptors (Lipinski definition) is 7. The second-order valence-corrected chi connectivity index (χ2v) is 6.41. The van der Waals surface area contributed by atoms with Crippen molar-refractivity contribution in [3.05, 3.63) is 53.6 Å². The standard InChI is InChI=1S/C18H17N5O4/c1-8-9(3-2-4-10(8)18(26)27)11-5-12(15(25)14(11)24)23-7-22-13-16(19)20-6-21-17(13)23/h2-7,12,14-15,24-25H,1H3,(H,26,27)(H2,19,20,21)/t12-,14-,15+/m1/s1. The molecule has 3 atom stereocenters. The van der Waals surface area contributed by atoms with Gasteiger partial charge < -0.3 is 25.6 Å². The van der Waals surface area contributed by atoms with Crippen LogP contribution >= 0.6 is 0 Å². The van der Waals surface area contributed by atoms with E-state index in [4.69, 9.17) is 5.73 Å². The maximum Gasteiger partial charge on any atom is 0.335 e. The van der Waals surface area contributed by atoms with E-state index in [0.717, 1.165) is 0 Å². The average Bonchev–Trinajstić information content (AvgIpc) is 3.18. The summed E-state index contributed by atoms with van der Waals surface area (Å²) in [6.45, 7) is 1.67. The van der Waals surface area contributed by atoms with E-state index in [2.05, 4.69) is 15.0 Å². The molecule has 1 aliphatic carbocycles. The molecule has 2 aromatic heterocycles. The number of carbonyl (C=O) groups is 1. The third-order valence-electron chi connectivity index (χ3n) is 4.93. The molecular weight excluding hydrogens is 350 g/mol. The third-order valence-corrected chi connectivity index (χ3v) is 4.93. The molecule has 0 bridgehead atoms. The quantitative estimate of drug-likeness (QED) is 0.531. The molecule has 5 N–H and O–H groups in total. The van der Waals surface area contributed by atoms with Crippen molar-refractivity contribution in [2.45, 2.75) is 25.2 Å². The highest BCUT2D eigenvalue weighted by molar-refractivity contribution is 5.92. The molecule has 3 aromatic rings. The van der Waals surface area contributed by atoms with Crippen LogP contribution in [0.5, 0.6) is 0 Å². The van der Waals surface area contributed by atoms with Gasteiger partial charge in [-0.2, -0.15) is 0 Å². The van der Waals surface area contributed by atoms with Crippen LogP contribution in [0.3, 0.4) is 0 Å². The lowest BCUT2D eigenvalue weighted by Crippen LogP contribution is -2.29. The fourth-order valence-corrected chi connectivity index (χ4v) is 3.51. The Labute approximate surface area is 153 Å². The molecule has 4 rings (SSSR count). The van der Waals surface area contributed by atoms with Gasteiger partial charge in [-0.3, -0.25) is 0 Å². The van der Waals surface area contributed by atoms with E-state index < -0.39 is 24.2 Å². The first kappa shape index (κ1) is 17.1. The Bertz CT molecular complexity index is 1090. The Kier molecular flexibility index (Phi) is 3.90. The molecule has 2 heterocycles. The highest BCUT2D eigenvalue weighted by Crippen LogP contribution is 2.38. The number of benzene rings is 1. The van der Waals surface area contributed by atoms with Crippen molar-refractivity contribution >= 4 is 28.5 Å². The van der Waals surface area contributed by atoms with Crippen molar-refractivity contribution in [3.8, 4) is 0 Å². The van der Waals surface area contributed by atoms with Crippen LogP contribution in [0.25, 0.3) is 16.7 Å². The summed E-state index contributed by atoms with van der Waals surface area (Å²) in [5.41, 5.74) is 8.34. The van der Waals surface area contributed by atoms with Crippen LogP contribution in [0.4, 0.5) is 5.82 Å². The minimum atomic E-state index is -1.19. The summed E-state index contributed by atoms with van der Waals surface area (Å²) >= 11 is 0. The van der Waals surface area contributed by atoms with Crippen molar-refractivity contribution in [1.82, 2.24) is 19.5 Å². The number of fused-ring (bicyclic) bond motifs is 1. The number of aliphatic hydroxyl groups excluding tert-OH is 2. The van der Waals surface area contributed by atoms with E-state index in [1.54, 1.807) is 29.7 Å². The van der Waals surface area contributed by atoms with Gasteiger partial charge in [0.15, 0.2) is 11.5 Å². The molecule has 1 aliphatic rings. The van der Waals surface area contributed by atoms with E-state index in [1.165, 1.54) is 18.7 Å². The number of nitrogens with zero attached hydrogens (tertiary/aromatic N) is 4. The Morgan fingerprint density at radius 2 is 2.00 bits per heavy atom.